The molecule has 1 aliphatic rings. The zero-order valence-corrected chi connectivity index (χ0v) is 9.82. The third-order valence-electron chi connectivity index (χ3n) is 3.46. The van der Waals surface area contributed by atoms with E-state index in [1.54, 1.807) is 12.5 Å². The molecule has 3 heterocycles. The van der Waals surface area contributed by atoms with Gasteiger partial charge in [0.15, 0.2) is 5.82 Å². The minimum Gasteiger partial charge on any atom is -0.350 e. The molecule has 1 saturated heterocycles. The summed E-state index contributed by atoms with van der Waals surface area (Å²) in [5.41, 5.74) is 6.57. The van der Waals surface area contributed by atoms with Gasteiger partial charge in [-0.2, -0.15) is 0 Å². The lowest BCUT2D eigenvalue weighted by molar-refractivity contribution is 0.579. The molecule has 0 spiro atoms. The lowest BCUT2D eigenvalue weighted by atomic mass is 10.1. The Morgan fingerprint density at radius 2 is 2.41 bits per heavy atom. The first kappa shape index (κ1) is 10.5. The average Bonchev–Trinajstić information content (AvgIpc) is 2.94. The number of fused-ring (bicyclic) bond motifs is 1. The summed E-state index contributed by atoms with van der Waals surface area (Å²) in [5, 5.41) is 8.05. The zero-order chi connectivity index (χ0) is 11.8. The predicted molar refractivity (Wildman–Crippen MR) is 64.8 cm³/mol. The van der Waals surface area contributed by atoms with Crippen molar-refractivity contribution in [3.63, 3.8) is 0 Å². The molecule has 2 atom stereocenters. The van der Waals surface area contributed by atoms with Crippen molar-refractivity contribution in [1.29, 1.82) is 0 Å². The molecule has 2 aromatic heterocycles. The Bertz CT molecular complexity index is 521. The smallest absolute Gasteiger partial charge is 0.203 e. The van der Waals surface area contributed by atoms with Gasteiger partial charge < -0.3 is 10.6 Å². The molecule has 3 rings (SSSR count). The van der Waals surface area contributed by atoms with Crippen LogP contribution in [0.1, 0.15) is 13.3 Å². The second-order valence-electron chi connectivity index (χ2n) is 4.65. The van der Waals surface area contributed by atoms with E-state index in [0.717, 1.165) is 31.0 Å². The molecular formula is C11H16N6. The maximum absolute atomic E-state index is 5.75. The van der Waals surface area contributed by atoms with Crippen LogP contribution in [0.15, 0.2) is 18.7 Å². The highest BCUT2D eigenvalue weighted by Gasteiger charge is 2.30. The first-order valence-electron chi connectivity index (χ1n) is 5.90. The van der Waals surface area contributed by atoms with Gasteiger partial charge in [0.2, 0.25) is 5.65 Å². The van der Waals surface area contributed by atoms with E-state index in [4.69, 9.17) is 5.73 Å². The number of rotatable bonds is 2. The van der Waals surface area contributed by atoms with Gasteiger partial charge in [-0.25, -0.2) is 4.98 Å². The summed E-state index contributed by atoms with van der Waals surface area (Å²) >= 11 is 0. The monoisotopic (exact) mass is 232 g/mol. The Hall–Kier alpha value is -1.69. The third-order valence-corrected chi connectivity index (χ3v) is 3.46. The first-order valence-corrected chi connectivity index (χ1v) is 5.90. The van der Waals surface area contributed by atoms with E-state index in [0.29, 0.717) is 12.0 Å². The van der Waals surface area contributed by atoms with Crippen molar-refractivity contribution in [2.24, 2.45) is 11.7 Å². The topological polar surface area (TPSA) is 72.3 Å². The summed E-state index contributed by atoms with van der Waals surface area (Å²) in [6.07, 6.45) is 6.46. The molecule has 2 unspecified atom stereocenters. The van der Waals surface area contributed by atoms with Crippen LogP contribution in [0.4, 0.5) is 5.82 Å². The van der Waals surface area contributed by atoms with Crippen molar-refractivity contribution in [3.8, 4) is 0 Å². The minimum atomic E-state index is 0.457. The van der Waals surface area contributed by atoms with Crippen molar-refractivity contribution < 1.29 is 0 Å². The molecular weight excluding hydrogens is 216 g/mol. The molecule has 2 N–H and O–H groups in total. The van der Waals surface area contributed by atoms with Crippen LogP contribution in [-0.2, 0) is 0 Å². The maximum atomic E-state index is 5.75. The molecule has 0 saturated carbocycles. The van der Waals surface area contributed by atoms with Crippen LogP contribution in [0.5, 0.6) is 0 Å². The van der Waals surface area contributed by atoms with Gasteiger partial charge in [-0.3, -0.25) is 4.40 Å². The van der Waals surface area contributed by atoms with E-state index in [1.807, 2.05) is 10.6 Å². The van der Waals surface area contributed by atoms with Gasteiger partial charge in [0.05, 0.1) is 0 Å². The Morgan fingerprint density at radius 1 is 1.53 bits per heavy atom. The molecule has 1 fully saturated rings. The Balaban J connectivity index is 2.01. The fraction of sp³-hybridized carbons (Fsp3) is 0.545. The van der Waals surface area contributed by atoms with Crippen LogP contribution in [0.2, 0.25) is 0 Å². The SMILES string of the molecule is CC1CC(CN)CN1c1nccn2cnnc12. The number of anilines is 1. The number of hydrogen-bond acceptors (Lipinski definition) is 5. The highest BCUT2D eigenvalue weighted by molar-refractivity contribution is 5.64. The van der Waals surface area contributed by atoms with Crippen LogP contribution >= 0.6 is 0 Å². The van der Waals surface area contributed by atoms with Crippen LogP contribution < -0.4 is 10.6 Å². The summed E-state index contributed by atoms with van der Waals surface area (Å²) in [6.45, 7) is 3.89. The van der Waals surface area contributed by atoms with Crippen molar-refractivity contribution in [2.45, 2.75) is 19.4 Å². The first-order chi connectivity index (χ1) is 8.29. The van der Waals surface area contributed by atoms with E-state index in [1.165, 1.54) is 0 Å². The van der Waals surface area contributed by atoms with Gasteiger partial charge in [0.25, 0.3) is 0 Å². The van der Waals surface area contributed by atoms with Crippen LogP contribution in [-0.4, -0.2) is 38.7 Å². The summed E-state index contributed by atoms with van der Waals surface area (Å²) < 4.78 is 1.89. The predicted octanol–water partition coefficient (Wildman–Crippen LogP) is 0.298. The lowest BCUT2D eigenvalue weighted by Crippen LogP contribution is -2.29. The Labute approximate surface area is 99.5 Å². The average molecular weight is 232 g/mol. The zero-order valence-electron chi connectivity index (χ0n) is 9.82. The van der Waals surface area contributed by atoms with Crippen LogP contribution in [0, 0.1) is 5.92 Å². The molecule has 2 aromatic rings. The fourth-order valence-corrected chi connectivity index (χ4v) is 2.56. The molecule has 0 aromatic carbocycles. The van der Waals surface area contributed by atoms with Crippen LogP contribution in [0.25, 0.3) is 5.65 Å². The minimum absolute atomic E-state index is 0.457. The molecule has 0 aliphatic carbocycles. The number of hydrogen-bond donors (Lipinski definition) is 1. The number of nitrogens with zero attached hydrogens (tertiary/aromatic N) is 5. The number of nitrogens with two attached hydrogens (primary N) is 1. The van der Waals surface area contributed by atoms with E-state index in [2.05, 4.69) is 27.0 Å². The van der Waals surface area contributed by atoms with Gasteiger partial charge in [-0.1, -0.05) is 0 Å². The summed E-state index contributed by atoms with van der Waals surface area (Å²) in [6, 6.07) is 0.457. The molecule has 6 heteroatoms. The van der Waals surface area contributed by atoms with Gasteiger partial charge in [-0.15, -0.1) is 10.2 Å². The third kappa shape index (κ3) is 1.64. The van der Waals surface area contributed by atoms with E-state index >= 15 is 0 Å². The molecule has 0 radical (unpaired) electrons. The van der Waals surface area contributed by atoms with Crippen molar-refractivity contribution in [2.75, 3.05) is 18.0 Å². The molecule has 6 nitrogen and oxygen atoms in total. The number of aromatic nitrogens is 4. The van der Waals surface area contributed by atoms with Gasteiger partial charge in [-0.05, 0) is 25.8 Å². The normalized spacial score (nSPS) is 24.7. The van der Waals surface area contributed by atoms with Crippen molar-refractivity contribution >= 4 is 11.5 Å². The summed E-state index contributed by atoms with van der Waals surface area (Å²) in [5.74, 6) is 1.46. The highest BCUT2D eigenvalue weighted by Crippen LogP contribution is 2.28. The quantitative estimate of drug-likeness (QED) is 0.806. The molecule has 0 bridgehead atoms. The van der Waals surface area contributed by atoms with E-state index < -0.39 is 0 Å². The largest absolute Gasteiger partial charge is 0.350 e. The van der Waals surface area contributed by atoms with E-state index in [9.17, 15) is 0 Å². The van der Waals surface area contributed by atoms with E-state index in [-0.39, 0.29) is 0 Å². The second-order valence-corrected chi connectivity index (χ2v) is 4.65. The standard InChI is InChI=1S/C11H16N6/c1-8-4-9(5-12)6-17(8)10-11-15-14-7-16(11)3-2-13-10/h2-3,7-9H,4-6,12H2,1H3. The summed E-state index contributed by atoms with van der Waals surface area (Å²) in [7, 11) is 0. The lowest BCUT2D eigenvalue weighted by Gasteiger charge is -2.22. The summed E-state index contributed by atoms with van der Waals surface area (Å²) in [4.78, 5) is 6.72. The van der Waals surface area contributed by atoms with Crippen LogP contribution in [0.3, 0.4) is 0 Å². The van der Waals surface area contributed by atoms with Gasteiger partial charge >= 0.3 is 0 Å². The molecule has 90 valence electrons. The molecule has 17 heavy (non-hydrogen) atoms. The maximum Gasteiger partial charge on any atom is 0.203 e. The Kier molecular flexibility index (Phi) is 2.44. The molecule has 0 amide bonds. The second kappa shape index (κ2) is 3.96. The van der Waals surface area contributed by atoms with Gasteiger partial charge in [0, 0.05) is 25.0 Å². The van der Waals surface area contributed by atoms with Crippen molar-refractivity contribution in [1.82, 2.24) is 19.6 Å². The molecule has 1 aliphatic heterocycles. The highest BCUT2D eigenvalue weighted by atomic mass is 15.3. The Morgan fingerprint density at radius 3 is 3.18 bits per heavy atom. The van der Waals surface area contributed by atoms with Gasteiger partial charge in [0.1, 0.15) is 6.33 Å². The fourth-order valence-electron chi connectivity index (χ4n) is 2.56. The van der Waals surface area contributed by atoms with Crippen molar-refractivity contribution in [3.05, 3.63) is 18.7 Å².